The number of aliphatic carboxylic acids is 1. The molecule has 0 spiro atoms. The first-order valence-corrected chi connectivity index (χ1v) is 11.0. The maximum Gasteiger partial charge on any atom is 0.490 e. The van der Waals surface area contributed by atoms with Gasteiger partial charge in [0.25, 0.3) is 6.08 Å². The minimum atomic E-state index is -5.08. The van der Waals surface area contributed by atoms with Crippen molar-refractivity contribution in [3.05, 3.63) is 63.7 Å². The number of halogens is 5. The summed E-state index contributed by atoms with van der Waals surface area (Å²) in [5.74, 6) is -1.29. The summed E-state index contributed by atoms with van der Waals surface area (Å²) in [6, 6.07) is 9.83. The third kappa shape index (κ3) is 6.69. The van der Waals surface area contributed by atoms with Crippen LogP contribution in [0.3, 0.4) is 0 Å². The van der Waals surface area contributed by atoms with Crippen molar-refractivity contribution >= 4 is 17.3 Å². The number of hydrogen-bond donors (Lipinski definition) is 2. The Morgan fingerprint density at radius 3 is 2.50 bits per heavy atom. The fourth-order valence-electron chi connectivity index (χ4n) is 2.96. The van der Waals surface area contributed by atoms with Crippen molar-refractivity contribution in [1.29, 1.82) is 0 Å². The summed E-state index contributed by atoms with van der Waals surface area (Å²) >= 11 is 1.62. The van der Waals surface area contributed by atoms with Gasteiger partial charge in [-0.05, 0) is 42.3 Å². The number of thiophene rings is 1. The first-order chi connectivity index (χ1) is 17.0. The van der Waals surface area contributed by atoms with Gasteiger partial charge in [-0.2, -0.15) is 27.1 Å². The Bertz CT molecular complexity index is 1310. The van der Waals surface area contributed by atoms with E-state index in [4.69, 9.17) is 25.1 Å². The molecule has 2 aromatic heterocycles. The monoisotopic (exact) mass is 534 g/mol. The third-order valence-electron chi connectivity index (χ3n) is 4.81. The zero-order chi connectivity index (χ0) is 26.5. The quantitative estimate of drug-likeness (QED) is 0.445. The van der Waals surface area contributed by atoms with Crippen LogP contribution in [0.25, 0.3) is 10.4 Å². The maximum absolute atomic E-state index is 12.7. The lowest BCUT2D eigenvalue weighted by Gasteiger charge is -2.02. The number of ether oxygens (including phenoxy) is 2. The van der Waals surface area contributed by atoms with Crippen LogP contribution in [0, 0.1) is 0 Å². The number of rotatable bonds is 7. The van der Waals surface area contributed by atoms with Gasteiger partial charge in [0.2, 0.25) is 6.79 Å². The molecule has 1 aromatic carbocycles. The Hall–Kier alpha value is -3.72. The van der Waals surface area contributed by atoms with Crippen LogP contribution in [-0.4, -0.2) is 44.9 Å². The molecule has 0 aliphatic carbocycles. The molecule has 1 aliphatic rings. The van der Waals surface area contributed by atoms with Crippen molar-refractivity contribution < 1.29 is 41.3 Å². The predicted octanol–water partition coefficient (Wildman–Crippen LogP) is 3.49. The Morgan fingerprint density at radius 1 is 1.17 bits per heavy atom. The van der Waals surface area contributed by atoms with E-state index in [0.717, 1.165) is 31.5 Å². The van der Waals surface area contributed by atoms with Crippen LogP contribution in [0.2, 0.25) is 0 Å². The first kappa shape index (κ1) is 26.9. The van der Waals surface area contributed by atoms with Crippen LogP contribution in [0.15, 0.2) is 53.1 Å². The van der Waals surface area contributed by atoms with Gasteiger partial charge in [-0.3, -0.25) is 4.57 Å². The summed E-state index contributed by atoms with van der Waals surface area (Å²) in [6.45, 7) is 0.00848. The lowest BCUT2D eigenvalue weighted by molar-refractivity contribution is -0.192. The zero-order valence-corrected chi connectivity index (χ0v) is 19.1. The second kappa shape index (κ2) is 11.3. The lowest BCUT2D eigenvalue weighted by atomic mass is 10.1. The topological polar surface area (TPSA) is 122 Å². The third-order valence-corrected chi connectivity index (χ3v) is 6.01. The standard InChI is InChI=1S/C19H18F2N4O3S.C2HF3O2/c20-18(21)13(8-22)9-25-19(26)24(10-23-25)6-5-14-2-4-17(29-14)12-1-3-15-16(7-12)28-11-27-15;3-2(4,5)1(6)7/h1-4,7,10H,5-6,8-9,11,22H2;(H,6,7). The molecule has 0 saturated heterocycles. The molecular formula is C21H19F5N4O5S. The SMILES string of the molecule is NCC(Cn1ncn(CCc2ccc(-c3ccc4c(c3)OCO4)s2)c1=O)=C(F)F.O=C(O)C(F)(F)F. The van der Waals surface area contributed by atoms with Gasteiger partial charge in [0.1, 0.15) is 6.33 Å². The molecule has 3 heterocycles. The van der Waals surface area contributed by atoms with Gasteiger partial charge in [-0.1, -0.05) is 0 Å². The summed E-state index contributed by atoms with van der Waals surface area (Å²) in [5.41, 5.74) is 5.58. The van der Waals surface area contributed by atoms with E-state index < -0.39 is 23.9 Å². The Labute approximate surface area is 203 Å². The van der Waals surface area contributed by atoms with Crippen molar-refractivity contribution in [2.45, 2.75) is 25.7 Å². The highest BCUT2D eigenvalue weighted by atomic mass is 32.1. The van der Waals surface area contributed by atoms with Gasteiger partial charge in [0.15, 0.2) is 11.5 Å². The van der Waals surface area contributed by atoms with E-state index in [0.29, 0.717) is 13.0 Å². The number of aromatic nitrogens is 3. The molecular weight excluding hydrogens is 515 g/mol. The molecule has 4 rings (SSSR count). The molecule has 0 radical (unpaired) electrons. The number of carboxylic acid groups (broad SMARTS) is 1. The molecule has 36 heavy (non-hydrogen) atoms. The molecule has 1 aliphatic heterocycles. The first-order valence-electron chi connectivity index (χ1n) is 10.1. The van der Waals surface area contributed by atoms with E-state index in [2.05, 4.69) is 5.10 Å². The minimum absolute atomic E-state index is 0.234. The summed E-state index contributed by atoms with van der Waals surface area (Å²) in [6.07, 6.45) is -4.97. The average Bonchev–Trinajstić information content (AvgIpc) is 3.55. The van der Waals surface area contributed by atoms with E-state index in [9.17, 15) is 26.7 Å². The zero-order valence-electron chi connectivity index (χ0n) is 18.3. The van der Waals surface area contributed by atoms with Gasteiger partial charge in [0.05, 0.1) is 6.54 Å². The molecule has 0 unspecified atom stereocenters. The van der Waals surface area contributed by atoms with E-state index in [-0.39, 0.29) is 25.5 Å². The molecule has 3 aromatic rings. The smallest absolute Gasteiger partial charge is 0.475 e. The fraction of sp³-hybridized carbons (Fsp3) is 0.286. The molecule has 0 atom stereocenters. The molecule has 15 heteroatoms. The van der Waals surface area contributed by atoms with Crippen molar-refractivity contribution in [2.75, 3.05) is 13.3 Å². The lowest BCUT2D eigenvalue weighted by Crippen LogP contribution is -2.27. The number of nitrogens with two attached hydrogens (primary N) is 1. The van der Waals surface area contributed by atoms with Crippen LogP contribution >= 0.6 is 11.3 Å². The highest BCUT2D eigenvalue weighted by Crippen LogP contribution is 2.38. The number of carbonyl (C=O) groups is 1. The van der Waals surface area contributed by atoms with Gasteiger partial charge < -0.3 is 20.3 Å². The largest absolute Gasteiger partial charge is 0.490 e. The summed E-state index contributed by atoms with van der Waals surface area (Å²) in [7, 11) is 0. The average molecular weight is 534 g/mol. The predicted molar refractivity (Wildman–Crippen MR) is 118 cm³/mol. The molecule has 0 fully saturated rings. The highest BCUT2D eigenvalue weighted by Gasteiger charge is 2.38. The van der Waals surface area contributed by atoms with Crippen LogP contribution < -0.4 is 20.9 Å². The summed E-state index contributed by atoms with van der Waals surface area (Å²) < 4.78 is 70.4. The molecule has 0 bridgehead atoms. The van der Waals surface area contributed by atoms with Crippen LogP contribution in [0.4, 0.5) is 22.0 Å². The van der Waals surface area contributed by atoms with Crippen molar-refractivity contribution in [3.63, 3.8) is 0 Å². The molecule has 0 saturated carbocycles. The molecule has 3 N–H and O–H groups in total. The number of fused-ring (bicyclic) bond motifs is 1. The van der Waals surface area contributed by atoms with Crippen LogP contribution in [0.1, 0.15) is 4.88 Å². The van der Waals surface area contributed by atoms with Gasteiger partial charge >= 0.3 is 17.8 Å². The van der Waals surface area contributed by atoms with E-state index >= 15 is 0 Å². The van der Waals surface area contributed by atoms with Crippen LogP contribution in [0.5, 0.6) is 11.5 Å². The van der Waals surface area contributed by atoms with Crippen molar-refractivity contribution in [1.82, 2.24) is 14.3 Å². The normalized spacial score (nSPS) is 12.2. The second-order valence-corrected chi connectivity index (χ2v) is 8.39. The number of carboxylic acids is 1. The molecule has 194 valence electrons. The number of nitrogens with zero attached hydrogens (tertiary/aromatic N) is 3. The molecule has 0 amide bonds. The summed E-state index contributed by atoms with van der Waals surface area (Å²) in [4.78, 5) is 23.4. The Balaban J connectivity index is 0.000000454. The fourth-order valence-corrected chi connectivity index (χ4v) is 3.96. The number of aryl methyl sites for hydroxylation is 2. The minimum Gasteiger partial charge on any atom is -0.475 e. The van der Waals surface area contributed by atoms with Crippen molar-refractivity contribution in [2.24, 2.45) is 5.73 Å². The highest BCUT2D eigenvalue weighted by molar-refractivity contribution is 7.15. The Kier molecular flexibility index (Phi) is 8.47. The second-order valence-electron chi connectivity index (χ2n) is 7.22. The van der Waals surface area contributed by atoms with Crippen LogP contribution in [-0.2, 0) is 24.3 Å². The van der Waals surface area contributed by atoms with E-state index in [1.165, 1.54) is 10.9 Å². The van der Waals surface area contributed by atoms with Gasteiger partial charge in [-0.25, -0.2) is 14.3 Å². The number of alkyl halides is 3. The summed E-state index contributed by atoms with van der Waals surface area (Å²) in [5, 5.41) is 11.0. The number of hydrogen-bond acceptors (Lipinski definition) is 7. The number of benzene rings is 1. The maximum atomic E-state index is 12.7. The molecule has 9 nitrogen and oxygen atoms in total. The van der Waals surface area contributed by atoms with Gasteiger partial charge in [-0.15, -0.1) is 11.3 Å². The van der Waals surface area contributed by atoms with E-state index in [1.54, 1.807) is 11.3 Å². The Morgan fingerprint density at radius 2 is 1.86 bits per heavy atom. The van der Waals surface area contributed by atoms with E-state index in [1.807, 2.05) is 30.3 Å². The van der Waals surface area contributed by atoms with Crippen molar-refractivity contribution in [3.8, 4) is 21.9 Å². The van der Waals surface area contributed by atoms with Gasteiger partial charge in [0, 0.05) is 28.4 Å².